The van der Waals surface area contributed by atoms with Crippen molar-refractivity contribution in [1.82, 2.24) is 15.1 Å². The van der Waals surface area contributed by atoms with Crippen molar-refractivity contribution in [2.75, 3.05) is 33.2 Å². The van der Waals surface area contributed by atoms with Gasteiger partial charge in [-0.15, -0.1) is 0 Å². The maximum atomic E-state index is 11.6. The molecule has 3 atom stereocenters. The first-order valence-corrected chi connectivity index (χ1v) is 7.43. The molecule has 2 heterocycles. The lowest BCUT2D eigenvalue weighted by Crippen LogP contribution is -2.58. The van der Waals surface area contributed by atoms with Crippen molar-refractivity contribution in [2.45, 2.75) is 50.7 Å². The number of carbonyl (C=O) groups is 1. The monoisotopic (exact) mass is 268 g/mol. The smallest absolute Gasteiger partial charge is 0.237 e. The lowest BCUT2D eigenvalue weighted by Gasteiger charge is -2.42. The van der Waals surface area contributed by atoms with Crippen LogP contribution in [0.4, 0.5) is 0 Å². The molecule has 3 N–H and O–H groups in total. The molecule has 2 aliphatic heterocycles. The molecule has 0 aliphatic carbocycles. The third-order valence-corrected chi connectivity index (χ3v) is 5.04. The van der Waals surface area contributed by atoms with Crippen LogP contribution in [0.1, 0.15) is 33.1 Å². The van der Waals surface area contributed by atoms with E-state index in [0.717, 1.165) is 25.6 Å². The Morgan fingerprint density at radius 2 is 2.21 bits per heavy atom. The van der Waals surface area contributed by atoms with Crippen molar-refractivity contribution in [1.29, 1.82) is 0 Å². The van der Waals surface area contributed by atoms with Crippen molar-refractivity contribution in [2.24, 2.45) is 5.73 Å². The van der Waals surface area contributed by atoms with E-state index in [1.54, 1.807) is 0 Å². The van der Waals surface area contributed by atoms with Gasteiger partial charge in [-0.1, -0.05) is 0 Å². The molecule has 3 unspecified atom stereocenters. The highest BCUT2D eigenvalue weighted by molar-refractivity contribution is 5.84. The minimum absolute atomic E-state index is 0.263. The predicted octanol–water partition coefficient (Wildman–Crippen LogP) is 0.00840. The van der Waals surface area contributed by atoms with Gasteiger partial charge in [0.15, 0.2) is 0 Å². The Bertz CT molecular complexity index is 335. The van der Waals surface area contributed by atoms with E-state index in [1.807, 2.05) is 14.0 Å². The average molecular weight is 268 g/mol. The second kappa shape index (κ2) is 5.77. The van der Waals surface area contributed by atoms with Gasteiger partial charge in [0.25, 0.3) is 0 Å². The zero-order chi connectivity index (χ0) is 14.0. The standard InChI is InChI=1S/C14H28N4O/c1-11(9-14(2,16-3)13(15)19)18-8-7-17-6-4-5-12(17)10-18/h11-12,16H,4-10H2,1-3H3,(H2,15,19). The SMILES string of the molecule is CNC(C)(CC(C)N1CCN2CCCC2C1)C(N)=O. The van der Waals surface area contributed by atoms with E-state index in [0.29, 0.717) is 6.04 Å². The molecule has 0 saturated carbocycles. The molecule has 110 valence electrons. The topological polar surface area (TPSA) is 61.6 Å². The van der Waals surface area contributed by atoms with Crippen molar-refractivity contribution < 1.29 is 4.79 Å². The first-order chi connectivity index (χ1) is 8.96. The van der Waals surface area contributed by atoms with Gasteiger partial charge in [-0.3, -0.25) is 14.6 Å². The van der Waals surface area contributed by atoms with Crippen LogP contribution in [0.15, 0.2) is 0 Å². The number of primary amides is 1. The molecular formula is C14H28N4O. The molecule has 2 rings (SSSR count). The maximum absolute atomic E-state index is 11.6. The van der Waals surface area contributed by atoms with Crippen LogP contribution in [0.3, 0.4) is 0 Å². The minimum atomic E-state index is -0.605. The maximum Gasteiger partial charge on any atom is 0.237 e. The number of amides is 1. The third-order valence-electron chi connectivity index (χ3n) is 5.04. The fraction of sp³-hybridized carbons (Fsp3) is 0.929. The highest BCUT2D eigenvalue weighted by Gasteiger charge is 2.36. The molecule has 2 fully saturated rings. The Balaban J connectivity index is 1.92. The number of nitrogens with two attached hydrogens (primary N) is 1. The van der Waals surface area contributed by atoms with Crippen LogP contribution in [-0.2, 0) is 4.79 Å². The minimum Gasteiger partial charge on any atom is -0.368 e. The first kappa shape index (κ1) is 14.8. The molecule has 2 aliphatic rings. The van der Waals surface area contributed by atoms with E-state index in [-0.39, 0.29) is 5.91 Å². The summed E-state index contributed by atoms with van der Waals surface area (Å²) in [6.45, 7) is 8.79. The third kappa shape index (κ3) is 3.09. The number of hydrogen-bond donors (Lipinski definition) is 2. The number of nitrogens with one attached hydrogen (secondary N) is 1. The second-order valence-corrected chi connectivity index (χ2v) is 6.33. The number of piperazine rings is 1. The number of nitrogens with zero attached hydrogens (tertiary/aromatic N) is 2. The van der Waals surface area contributed by atoms with Crippen LogP contribution >= 0.6 is 0 Å². The zero-order valence-electron chi connectivity index (χ0n) is 12.5. The molecule has 1 amide bonds. The quantitative estimate of drug-likeness (QED) is 0.737. The van der Waals surface area contributed by atoms with Crippen LogP contribution in [0.2, 0.25) is 0 Å². The van der Waals surface area contributed by atoms with Gasteiger partial charge in [0.05, 0.1) is 5.54 Å². The largest absolute Gasteiger partial charge is 0.368 e. The summed E-state index contributed by atoms with van der Waals surface area (Å²) < 4.78 is 0. The summed E-state index contributed by atoms with van der Waals surface area (Å²) in [6.07, 6.45) is 3.43. The first-order valence-electron chi connectivity index (χ1n) is 7.43. The number of hydrogen-bond acceptors (Lipinski definition) is 4. The molecular weight excluding hydrogens is 240 g/mol. The van der Waals surface area contributed by atoms with E-state index in [9.17, 15) is 4.79 Å². The van der Waals surface area contributed by atoms with Gasteiger partial charge in [0.1, 0.15) is 0 Å². The average Bonchev–Trinajstić information content (AvgIpc) is 2.85. The zero-order valence-corrected chi connectivity index (χ0v) is 12.5. The van der Waals surface area contributed by atoms with Crippen LogP contribution in [0, 0.1) is 0 Å². The van der Waals surface area contributed by atoms with E-state index in [4.69, 9.17) is 5.73 Å². The van der Waals surface area contributed by atoms with E-state index in [1.165, 1.54) is 25.9 Å². The molecule has 19 heavy (non-hydrogen) atoms. The van der Waals surface area contributed by atoms with Crippen LogP contribution in [0.5, 0.6) is 0 Å². The van der Waals surface area contributed by atoms with Crippen molar-refractivity contribution in [3.8, 4) is 0 Å². The summed E-state index contributed by atoms with van der Waals surface area (Å²) in [6, 6.07) is 1.11. The van der Waals surface area contributed by atoms with Crippen molar-refractivity contribution in [3.05, 3.63) is 0 Å². The fourth-order valence-electron chi connectivity index (χ4n) is 3.46. The molecule has 0 aromatic rings. The van der Waals surface area contributed by atoms with E-state index in [2.05, 4.69) is 22.0 Å². The molecule has 5 heteroatoms. The fourth-order valence-corrected chi connectivity index (χ4v) is 3.46. The van der Waals surface area contributed by atoms with Gasteiger partial charge in [-0.2, -0.15) is 0 Å². The molecule has 5 nitrogen and oxygen atoms in total. The normalized spacial score (nSPS) is 29.7. The van der Waals surface area contributed by atoms with E-state index < -0.39 is 5.54 Å². The Hall–Kier alpha value is -0.650. The lowest BCUT2D eigenvalue weighted by molar-refractivity contribution is -0.124. The Labute approximate surface area is 116 Å². The molecule has 0 aromatic carbocycles. The van der Waals surface area contributed by atoms with Gasteiger partial charge in [-0.05, 0) is 46.7 Å². The summed E-state index contributed by atoms with van der Waals surface area (Å²) >= 11 is 0. The van der Waals surface area contributed by atoms with Crippen LogP contribution in [0.25, 0.3) is 0 Å². The number of carbonyl (C=O) groups excluding carboxylic acids is 1. The van der Waals surface area contributed by atoms with Gasteiger partial charge in [0, 0.05) is 31.7 Å². The predicted molar refractivity (Wildman–Crippen MR) is 76.9 cm³/mol. The van der Waals surface area contributed by atoms with Crippen LogP contribution < -0.4 is 11.1 Å². The molecule has 0 bridgehead atoms. The van der Waals surface area contributed by atoms with Gasteiger partial charge in [0.2, 0.25) is 5.91 Å². The van der Waals surface area contributed by atoms with Gasteiger partial charge < -0.3 is 11.1 Å². The Morgan fingerprint density at radius 3 is 2.84 bits per heavy atom. The summed E-state index contributed by atoms with van der Waals surface area (Å²) in [5, 5.41) is 3.08. The highest BCUT2D eigenvalue weighted by atomic mass is 16.1. The summed E-state index contributed by atoms with van der Waals surface area (Å²) in [7, 11) is 1.81. The lowest BCUT2D eigenvalue weighted by atomic mass is 9.91. The van der Waals surface area contributed by atoms with Gasteiger partial charge in [-0.25, -0.2) is 0 Å². The molecule has 0 radical (unpaired) electrons. The summed E-state index contributed by atoms with van der Waals surface area (Å²) in [4.78, 5) is 16.7. The molecule has 0 aromatic heterocycles. The van der Waals surface area contributed by atoms with Crippen LogP contribution in [-0.4, -0.2) is 66.6 Å². The van der Waals surface area contributed by atoms with E-state index >= 15 is 0 Å². The van der Waals surface area contributed by atoms with Crippen molar-refractivity contribution in [3.63, 3.8) is 0 Å². The van der Waals surface area contributed by atoms with Gasteiger partial charge >= 0.3 is 0 Å². The number of likely N-dealkylation sites (N-methyl/N-ethyl adjacent to an activating group) is 1. The Morgan fingerprint density at radius 1 is 1.47 bits per heavy atom. The van der Waals surface area contributed by atoms with Crippen molar-refractivity contribution >= 4 is 5.91 Å². The highest BCUT2D eigenvalue weighted by Crippen LogP contribution is 2.24. The summed E-state index contributed by atoms with van der Waals surface area (Å²) in [5.74, 6) is -0.263. The summed E-state index contributed by atoms with van der Waals surface area (Å²) in [5.41, 5.74) is 4.91. The molecule has 2 saturated heterocycles. The second-order valence-electron chi connectivity index (χ2n) is 6.33. The molecule has 0 spiro atoms. The number of fused-ring (bicyclic) bond motifs is 1. The number of rotatable bonds is 5. The Kier molecular flexibility index (Phi) is 4.48.